The molecule has 0 radical (unpaired) electrons. The Labute approximate surface area is 106 Å². The summed E-state index contributed by atoms with van der Waals surface area (Å²) >= 11 is 0. The van der Waals surface area contributed by atoms with Gasteiger partial charge < -0.3 is 4.57 Å². The number of aromatic nitrogens is 2. The highest BCUT2D eigenvalue weighted by Crippen LogP contribution is 2.23. The van der Waals surface area contributed by atoms with E-state index < -0.39 is 0 Å². The van der Waals surface area contributed by atoms with Crippen molar-refractivity contribution in [1.82, 2.24) is 15.0 Å². The Kier molecular flexibility index (Phi) is 3.34. The van der Waals surface area contributed by atoms with E-state index in [4.69, 9.17) is 5.84 Å². The Morgan fingerprint density at radius 3 is 2.72 bits per heavy atom. The Balaban J connectivity index is 2.57. The summed E-state index contributed by atoms with van der Waals surface area (Å²) in [5, 5.41) is 0. The van der Waals surface area contributed by atoms with Crippen LogP contribution >= 0.6 is 0 Å². The standard InChI is InChI=1S/C13H18N4O/c1-4-11(13(18)16-14)17-7-15-10-5-8(2)9(3)6-12(10)17/h5-7,11H,4,14H2,1-3H3,(H,16,18). The third kappa shape index (κ3) is 1.97. The van der Waals surface area contributed by atoms with Crippen molar-refractivity contribution in [1.29, 1.82) is 0 Å². The first-order valence-electron chi connectivity index (χ1n) is 6.02. The van der Waals surface area contributed by atoms with E-state index in [0.717, 1.165) is 11.0 Å². The van der Waals surface area contributed by atoms with Gasteiger partial charge in [0.05, 0.1) is 17.4 Å². The number of nitrogens with zero attached hydrogens (tertiary/aromatic N) is 2. The summed E-state index contributed by atoms with van der Waals surface area (Å²) in [6, 6.07) is 3.78. The van der Waals surface area contributed by atoms with Crippen molar-refractivity contribution in [2.24, 2.45) is 5.84 Å². The van der Waals surface area contributed by atoms with Crippen molar-refractivity contribution in [3.05, 3.63) is 29.6 Å². The number of hydrogen-bond donors (Lipinski definition) is 2. The molecule has 1 aromatic heterocycles. The number of rotatable bonds is 3. The molecule has 1 unspecified atom stereocenters. The van der Waals surface area contributed by atoms with Crippen LogP contribution < -0.4 is 11.3 Å². The molecule has 18 heavy (non-hydrogen) atoms. The number of benzene rings is 1. The lowest BCUT2D eigenvalue weighted by molar-refractivity contribution is -0.124. The van der Waals surface area contributed by atoms with E-state index in [2.05, 4.69) is 30.3 Å². The summed E-state index contributed by atoms with van der Waals surface area (Å²) in [5.74, 6) is 5.02. The first-order valence-corrected chi connectivity index (χ1v) is 6.02. The molecule has 2 rings (SSSR count). The lowest BCUT2D eigenvalue weighted by Gasteiger charge is -2.16. The van der Waals surface area contributed by atoms with E-state index in [1.165, 1.54) is 11.1 Å². The molecule has 0 saturated heterocycles. The Hall–Kier alpha value is -1.88. The average molecular weight is 246 g/mol. The Morgan fingerprint density at radius 1 is 1.44 bits per heavy atom. The maximum atomic E-state index is 11.8. The number of fused-ring (bicyclic) bond motifs is 1. The van der Waals surface area contributed by atoms with Crippen molar-refractivity contribution >= 4 is 16.9 Å². The minimum atomic E-state index is -0.317. The molecule has 5 heteroatoms. The fourth-order valence-electron chi connectivity index (χ4n) is 2.14. The van der Waals surface area contributed by atoms with Crippen LogP contribution in [0.25, 0.3) is 11.0 Å². The fourth-order valence-corrected chi connectivity index (χ4v) is 2.14. The van der Waals surface area contributed by atoms with Gasteiger partial charge in [0.15, 0.2) is 0 Å². The monoisotopic (exact) mass is 246 g/mol. The Bertz CT molecular complexity index is 588. The summed E-state index contributed by atoms with van der Waals surface area (Å²) in [6.45, 7) is 6.06. The number of carbonyl (C=O) groups is 1. The number of aryl methyl sites for hydroxylation is 2. The second-order valence-electron chi connectivity index (χ2n) is 4.51. The van der Waals surface area contributed by atoms with Gasteiger partial charge in [-0.05, 0) is 43.5 Å². The van der Waals surface area contributed by atoms with Gasteiger partial charge in [0.25, 0.3) is 5.91 Å². The first-order chi connectivity index (χ1) is 8.58. The molecular formula is C13H18N4O. The van der Waals surface area contributed by atoms with Gasteiger partial charge in [-0.15, -0.1) is 0 Å². The molecule has 0 aliphatic heterocycles. The van der Waals surface area contributed by atoms with Crippen molar-refractivity contribution in [2.45, 2.75) is 33.2 Å². The third-order valence-corrected chi connectivity index (χ3v) is 3.36. The summed E-state index contributed by atoms with van der Waals surface area (Å²) in [6.07, 6.45) is 2.37. The zero-order chi connectivity index (χ0) is 13.3. The summed E-state index contributed by atoms with van der Waals surface area (Å²) in [7, 11) is 0. The molecule has 0 aliphatic rings. The van der Waals surface area contributed by atoms with Gasteiger partial charge in [-0.25, -0.2) is 10.8 Å². The van der Waals surface area contributed by atoms with Gasteiger partial charge in [-0.2, -0.15) is 0 Å². The van der Waals surface area contributed by atoms with Crippen molar-refractivity contribution in [3.8, 4) is 0 Å². The topological polar surface area (TPSA) is 72.9 Å². The first kappa shape index (κ1) is 12.6. The number of carbonyl (C=O) groups excluding carboxylic acids is 1. The van der Waals surface area contributed by atoms with Gasteiger partial charge in [0.1, 0.15) is 6.04 Å². The van der Waals surface area contributed by atoms with Gasteiger partial charge in [-0.1, -0.05) is 6.92 Å². The van der Waals surface area contributed by atoms with E-state index in [0.29, 0.717) is 6.42 Å². The third-order valence-electron chi connectivity index (χ3n) is 3.36. The maximum absolute atomic E-state index is 11.8. The smallest absolute Gasteiger partial charge is 0.256 e. The van der Waals surface area contributed by atoms with Crippen LogP contribution in [-0.2, 0) is 4.79 Å². The Morgan fingerprint density at radius 2 is 2.11 bits per heavy atom. The van der Waals surface area contributed by atoms with Crippen molar-refractivity contribution < 1.29 is 4.79 Å². The largest absolute Gasteiger partial charge is 0.318 e. The molecule has 1 amide bonds. The highest BCUT2D eigenvalue weighted by molar-refractivity contribution is 5.84. The molecule has 0 bridgehead atoms. The van der Waals surface area contributed by atoms with E-state index in [9.17, 15) is 4.79 Å². The van der Waals surface area contributed by atoms with Gasteiger partial charge in [0, 0.05) is 0 Å². The number of hydrogen-bond acceptors (Lipinski definition) is 3. The van der Waals surface area contributed by atoms with E-state index >= 15 is 0 Å². The quantitative estimate of drug-likeness (QED) is 0.491. The highest BCUT2D eigenvalue weighted by atomic mass is 16.2. The summed E-state index contributed by atoms with van der Waals surface area (Å²) in [5.41, 5.74) is 6.46. The van der Waals surface area contributed by atoms with Crippen molar-refractivity contribution in [2.75, 3.05) is 0 Å². The van der Waals surface area contributed by atoms with Crippen LogP contribution in [0.4, 0.5) is 0 Å². The van der Waals surface area contributed by atoms with Gasteiger partial charge >= 0.3 is 0 Å². The predicted octanol–water partition coefficient (Wildman–Crippen LogP) is 1.59. The van der Waals surface area contributed by atoms with Crippen LogP contribution in [0.2, 0.25) is 0 Å². The lowest BCUT2D eigenvalue weighted by atomic mass is 10.1. The number of hydrazine groups is 1. The van der Waals surface area contributed by atoms with Crippen LogP contribution in [0.5, 0.6) is 0 Å². The van der Waals surface area contributed by atoms with Crippen LogP contribution in [0.3, 0.4) is 0 Å². The second-order valence-corrected chi connectivity index (χ2v) is 4.51. The molecule has 0 saturated carbocycles. The van der Waals surface area contributed by atoms with Crippen LogP contribution in [-0.4, -0.2) is 15.5 Å². The molecule has 5 nitrogen and oxygen atoms in total. The molecule has 1 atom stereocenters. The molecule has 1 heterocycles. The maximum Gasteiger partial charge on any atom is 0.256 e. The highest BCUT2D eigenvalue weighted by Gasteiger charge is 2.19. The molecule has 0 aliphatic carbocycles. The normalized spacial score (nSPS) is 12.7. The minimum Gasteiger partial charge on any atom is -0.318 e. The molecule has 0 spiro atoms. The van der Waals surface area contributed by atoms with Crippen molar-refractivity contribution in [3.63, 3.8) is 0 Å². The van der Waals surface area contributed by atoms with Gasteiger partial charge in [0.2, 0.25) is 0 Å². The zero-order valence-corrected chi connectivity index (χ0v) is 10.9. The minimum absolute atomic E-state index is 0.199. The molecular weight excluding hydrogens is 228 g/mol. The zero-order valence-electron chi connectivity index (χ0n) is 10.9. The lowest BCUT2D eigenvalue weighted by Crippen LogP contribution is -2.36. The van der Waals surface area contributed by atoms with E-state index in [-0.39, 0.29) is 11.9 Å². The predicted molar refractivity (Wildman–Crippen MR) is 70.9 cm³/mol. The van der Waals surface area contributed by atoms with Crippen LogP contribution in [0.1, 0.15) is 30.5 Å². The van der Waals surface area contributed by atoms with E-state index in [1.807, 2.05) is 17.6 Å². The molecule has 0 fully saturated rings. The molecule has 2 aromatic rings. The fraction of sp³-hybridized carbons (Fsp3) is 0.385. The number of imidazole rings is 1. The molecule has 3 N–H and O–H groups in total. The van der Waals surface area contributed by atoms with Gasteiger partial charge in [-0.3, -0.25) is 10.2 Å². The average Bonchev–Trinajstić information content (AvgIpc) is 2.74. The number of nitrogens with two attached hydrogens (primary N) is 1. The van der Waals surface area contributed by atoms with Crippen LogP contribution in [0.15, 0.2) is 18.5 Å². The summed E-state index contributed by atoms with van der Waals surface area (Å²) < 4.78 is 1.88. The number of nitrogens with one attached hydrogen (secondary N) is 1. The number of amides is 1. The molecule has 96 valence electrons. The SMILES string of the molecule is CCC(C(=O)NN)n1cnc2cc(C)c(C)cc21. The second kappa shape index (κ2) is 4.78. The summed E-state index contributed by atoms with van der Waals surface area (Å²) in [4.78, 5) is 16.1. The molecule has 1 aromatic carbocycles. The van der Waals surface area contributed by atoms with E-state index in [1.54, 1.807) is 6.33 Å². The van der Waals surface area contributed by atoms with Crippen LogP contribution in [0, 0.1) is 13.8 Å².